The summed E-state index contributed by atoms with van der Waals surface area (Å²) in [7, 11) is 0. The van der Waals surface area contributed by atoms with Crippen molar-refractivity contribution < 1.29 is 19.1 Å². The van der Waals surface area contributed by atoms with E-state index in [0.717, 1.165) is 5.56 Å². The fraction of sp³-hybridized carbons (Fsp3) is 0.250. The monoisotopic (exact) mass is 352 g/mol. The Morgan fingerprint density at radius 1 is 1.08 bits per heavy atom. The molecule has 2 aromatic carbocycles. The van der Waals surface area contributed by atoms with Crippen LogP contribution in [0.3, 0.4) is 0 Å². The topological polar surface area (TPSA) is 88.4 Å². The standard InChI is InChI=1S/C20H20N2O4/c1-15(17-5-3-2-4-6-17)12-22-19(23)13-26-20(24)14-25-18-9-7-16(11-21)8-10-18/h2-10,15H,12-14H2,1H3,(H,22,23)/t15-/m0/s1. The van der Waals surface area contributed by atoms with Gasteiger partial charge in [-0.05, 0) is 35.7 Å². The average Bonchev–Trinajstić information content (AvgIpc) is 2.69. The van der Waals surface area contributed by atoms with E-state index in [0.29, 0.717) is 17.9 Å². The molecule has 0 heterocycles. The van der Waals surface area contributed by atoms with Crippen molar-refractivity contribution in [2.45, 2.75) is 12.8 Å². The van der Waals surface area contributed by atoms with Gasteiger partial charge in [-0.3, -0.25) is 4.79 Å². The summed E-state index contributed by atoms with van der Waals surface area (Å²) in [6.07, 6.45) is 0. The third-order valence-corrected chi connectivity index (χ3v) is 3.68. The van der Waals surface area contributed by atoms with Crippen LogP contribution in [0, 0.1) is 11.3 Å². The van der Waals surface area contributed by atoms with Crippen LogP contribution in [0.25, 0.3) is 0 Å². The molecule has 0 saturated carbocycles. The Kier molecular flexibility index (Phi) is 7.19. The molecule has 26 heavy (non-hydrogen) atoms. The summed E-state index contributed by atoms with van der Waals surface area (Å²) in [6, 6.07) is 18.2. The molecule has 1 N–H and O–H groups in total. The SMILES string of the molecule is C[C@@H](CNC(=O)COC(=O)COc1ccc(C#N)cc1)c1ccccc1. The van der Waals surface area contributed by atoms with Crippen molar-refractivity contribution in [1.29, 1.82) is 5.26 Å². The van der Waals surface area contributed by atoms with Gasteiger partial charge >= 0.3 is 5.97 Å². The molecule has 134 valence electrons. The minimum absolute atomic E-state index is 0.163. The van der Waals surface area contributed by atoms with Crippen LogP contribution in [0.5, 0.6) is 5.75 Å². The van der Waals surface area contributed by atoms with E-state index in [1.807, 2.05) is 43.3 Å². The van der Waals surface area contributed by atoms with Crippen molar-refractivity contribution in [2.24, 2.45) is 0 Å². The van der Waals surface area contributed by atoms with Gasteiger partial charge in [0.2, 0.25) is 0 Å². The molecule has 0 aliphatic rings. The van der Waals surface area contributed by atoms with Gasteiger partial charge in [0, 0.05) is 6.54 Å². The van der Waals surface area contributed by atoms with Crippen molar-refractivity contribution in [2.75, 3.05) is 19.8 Å². The molecule has 0 spiro atoms. The first-order chi connectivity index (χ1) is 12.6. The molecule has 0 fully saturated rings. The predicted octanol–water partition coefficient (Wildman–Crippen LogP) is 2.40. The summed E-state index contributed by atoms with van der Waals surface area (Å²) in [6.45, 7) is 1.81. The van der Waals surface area contributed by atoms with Crippen LogP contribution in [-0.2, 0) is 14.3 Å². The number of nitrogens with zero attached hydrogens (tertiary/aromatic N) is 1. The van der Waals surface area contributed by atoms with Gasteiger partial charge in [0.15, 0.2) is 13.2 Å². The largest absolute Gasteiger partial charge is 0.482 e. The van der Waals surface area contributed by atoms with Gasteiger partial charge in [-0.15, -0.1) is 0 Å². The smallest absolute Gasteiger partial charge is 0.344 e. The van der Waals surface area contributed by atoms with Crippen LogP contribution in [-0.4, -0.2) is 31.6 Å². The summed E-state index contributed by atoms with van der Waals surface area (Å²) in [4.78, 5) is 23.4. The van der Waals surface area contributed by atoms with E-state index >= 15 is 0 Å². The average molecular weight is 352 g/mol. The van der Waals surface area contributed by atoms with E-state index in [9.17, 15) is 9.59 Å². The van der Waals surface area contributed by atoms with E-state index < -0.39 is 5.97 Å². The highest BCUT2D eigenvalue weighted by atomic mass is 16.6. The number of amides is 1. The lowest BCUT2D eigenvalue weighted by Gasteiger charge is -2.13. The number of carbonyl (C=O) groups is 2. The lowest BCUT2D eigenvalue weighted by atomic mass is 10.0. The number of benzene rings is 2. The molecule has 0 aliphatic carbocycles. The van der Waals surface area contributed by atoms with Gasteiger partial charge in [0.05, 0.1) is 11.6 Å². The number of ether oxygens (including phenoxy) is 2. The van der Waals surface area contributed by atoms with Crippen molar-refractivity contribution >= 4 is 11.9 Å². The minimum atomic E-state index is -0.638. The predicted molar refractivity (Wildman–Crippen MR) is 95.5 cm³/mol. The number of esters is 1. The van der Waals surface area contributed by atoms with Crippen molar-refractivity contribution in [1.82, 2.24) is 5.32 Å². The Labute approximate surface area is 152 Å². The van der Waals surface area contributed by atoms with Crippen molar-refractivity contribution in [3.63, 3.8) is 0 Å². The summed E-state index contributed by atoms with van der Waals surface area (Å²) in [5.74, 6) is -0.391. The Hall–Kier alpha value is -3.33. The highest BCUT2D eigenvalue weighted by Gasteiger charge is 2.10. The third-order valence-electron chi connectivity index (χ3n) is 3.68. The molecule has 6 heteroatoms. The molecule has 1 amide bonds. The van der Waals surface area contributed by atoms with Gasteiger partial charge in [0.1, 0.15) is 5.75 Å². The van der Waals surface area contributed by atoms with Crippen LogP contribution < -0.4 is 10.1 Å². The van der Waals surface area contributed by atoms with Crippen molar-refractivity contribution in [3.05, 3.63) is 65.7 Å². The first-order valence-electron chi connectivity index (χ1n) is 8.18. The zero-order valence-electron chi connectivity index (χ0n) is 14.5. The van der Waals surface area contributed by atoms with Gasteiger partial charge in [-0.2, -0.15) is 5.26 Å². The lowest BCUT2D eigenvalue weighted by Crippen LogP contribution is -2.32. The molecule has 0 saturated heterocycles. The van der Waals surface area contributed by atoms with E-state index in [2.05, 4.69) is 5.32 Å². The molecule has 2 rings (SSSR count). The van der Waals surface area contributed by atoms with Crippen molar-refractivity contribution in [3.8, 4) is 11.8 Å². The van der Waals surface area contributed by atoms with Gasteiger partial charge in [-0.1, -0.05) is 37.3 Å². The molecule has 6 nitrogen and oxygen atoms in total. The van der Waals surface area contributed by atoms with Crippen LogP contribution in [0.4, 0.5) is 0 Å². The van der Waals surface area contributed by atoms with E-state index in [1.165, 1.54) is 0 Å². The lowest BCUT2D eigenvalue weighted by molar-refractivity contribution is -0.150. The normalized spacial score (nSPS) is 11.1. The number of nitrogens with one attached hydrogen (secondary N) is 1. The van der Waals surface area contributed by atoms with E-state index in [1.54, 1.807) is 24.3 Å². The van der Waals surface area contributed by atoms with Gasteiger partial charge in [0.25, 0.3) is 5.91 Å². The second kappa shape index (κ2) is 9.84. The molecule has 0 aliphatic heterocycles. The summed E-state index contributed by atoms with van der Waals surface area (Å²) in [5, 5.41) is 11.4. The Morgan fingerprint density at radius 3 is 2.42 bits per heavy atom. The first-order valence-corrected chi connectivity index (χ1v) is 8.18. The molecule has 0 unspecified atom stereocenters. The van der Waals surface area contributed by atoms with Crippen LogP contribution in [0.15, 0.2) is 54.6 Å². The number of rotatable bonds is 8. The number of carbonyl (C=O) groups excluding carboxylic acids is 2. The quantitative estimate of drug-likeness (QED) is 0.737. The van der Waals surface area contributed by atoms with Crippen LogP contribution in [0.1, 0.15) is 24.0 Å². The molecule has 0 radical (unpaired) electrons. The molecule has 0 bridgehead atoms. The zero-order valence-corrected chi connectivity index (χ0v) is 14.5. The highest BCUT2D eigenvalue weighted by Crippen LogP contribution is 2.13. The molecular weight excluding hydrogens is 332 g/mol. The fourth-order valence-corrected chi connectivity index (χ4v) is 2.17. The van der Waals surface area contributed by atoms with Gasteiger partial charge < -0.3 is 14.8 Å². The molecule has 2 aromatic rings. The van der Waals surface area contributed by atoms with Gasteiger partial charge in [-0.25, -0.2) is 4.79 Å². The Bertz CT molecular complexity index is 767. The minimum Gasteiger partial charge on any atom is -0.482 e. The summed E-state index contributed by atoms with van der Waals surface area (Å²) < 4.78 is 10.1. The fourth-order valence-electron chi connectivity index (χ4n) is 2.17. The first kappa shape index (κ1) is 19.0. The maximum atomic E-state index is 11.8. The molecular formula is C20H20N2O4. The van der Waals surface area contributed by atoms with Crippen LogP contribution in [0.2, 0.25) is 0 Å². The molecule has 0 aromatic heterocycles. The molecule has 1 atom stereocenters. The van der Waals surface area contributed by atoms with E-state index in [4.69, 9.17) is 14.7 Å². The highest BCUT2D eigenvalue weighted by molar-refractivity contribution is 5.80. The summed E-state index contributed by atoms with van der Waals surface area (Å²) >= 11 is 0. The summed E-state index contributed by atoms with van der Waals surface area (Å²) in [5.41, 5.74) is 1.63. The maximum Gasteiger partial charge on any atom is 0.344 e. The van der Waals surface area contributed by atoms with Crippen LogP contribution >= 0.6 is 0 Å². The second-order valence-electron chi connectivity index (χ2n) is 5.70. The zero-order chi connectivity index (χ0) is 18.8. The van der Waals surface area contributed by atoms with E-state index in [-0.39, 0.29) is 25.0 Å². The second-order valence-corrected chi connectivity index (χ2v) is 5.70. The number of nitriles is 1. The Balaban J connectivity index is 1.65. The third kappa shape index (κ3) is 6.29. The number of hydrogen-bond donors (Lipinski definition) is 1. The maximum absolute atomic E-state index is 11.8. The number of hydrogen-bond acceptors (Lipinski definition) is 5. The Morgan fingerprint density at radius 2 is 1.77 bits per heavy atom.